The molecule has 0 atom stereocenters. The summed E-state index contributed by atoms with van der Waals surface area (Å²) in [6, 6.07) is 3.89. The van der Waals surface area contributed by atoms with Crippen molar-refractivity contribution in [3.63, 3.8) is 0 Å². The summed E-state index contributed by atoms with van der Waals surface area (Å²) in [7, 11) is -3.52. The maximum absolute atomic E-state index is 13.4. The van der Waals surface area contributed by atoms with Crippen LogP contribution in [0.3, 0.4) is 0 Å². The molecule has 4 rings (SSSR count). The molecule has 2 saturated heterocycles. The van der Waals surface area contributed by atoms with E-state index < -0.39 is 10.0 Å². The first kappa shape index (κ1) is 22.2. The van der Waals surface area contributed by atoms with E-state index in [0.717, 1.165) is 67.5 Å². The van der Waals surface area contributed by atoms with Gasteiger partial charge < -0.3 is 4.90 Å². The van der Waals surface area contributed by atoms with Crippen LogP contribution in [0.4, 0.5) is 0 Å². The molecule has 1 spiro atoms. The van der Waals surface area contributed by atoms with Gasteiger partial charge in [-0.3, -0.25) is 4.79 Å². The summed E-state index contributed by atoms with van der Waals surface area (Å²) >= 11 is 1.87. The van der Waals surface area contributed by atoms with Gasteiger partial charge in [0.1, 0.15) is 0 Å². The normalized spacial score (nSPS) is 23.2. The molecule has 1 aliphatic carbocycles. The smallest absolute Gasteiger partial charge is 0.243 e. The number of aryl methyl sites for hydroxylation is 3. The van der Waals surface area contributed by atoms with Crippen LogP contribution in [0.15, 0.2) is 17.0 Å². The minimum absolute atomic E-state index is 0.175. The summed E-state index contributed by atoms with van der Waals surface area (Å²) in [5, 5.41) is 0. The van der Waals surface area contributed by atoms with Crippen molar-refractivity contribution in [1.82, 2.24) is 9.21 Å². The fraction of sp³-hybridized carbons (Fsp3) is 0.696. The van der Waals surface area contributed by atoms with Crippen LogP contribution in [-0.2, 0) is 14.8 Å². The number of hydrogen-bond donors (Lipinski definition) is 0. The molecule has 1 saturated carbocycles. The summed E-state index contributed by atoms with van der Waals surface area (Å²) in [5.41, 5.74) is 2.72. The third kappa shape index (κ3) is 3.93. The molecule has 30 heavy (non-hydrogen) atoms. The Morgan fingerprint density at radius 3 is 2.20 bits per heavy atom. The van der Waals surface area contributed by atoms with E-state index in [2.05, 4.69) is 4.90 Å². The summed E-state index contributed by atoms with van der Waals surface area (Å²) in [5.74, 6) is 1.46. The van der Waals surface area contributed by atoms with E-state index in [1.54, 1.807) is 4.31 Å². The number of carbonyl (C=O) groups excluding carboxylic acids is 1. The van der Waals surface area contributed by atoms with Gasteiger partial charge in [-0.2, -0.15) is 4.31 Å². The average molecular weight is 451 g/mol. The molecular formula is C23H34N2O3S2. The molecule has 3 aliphatic rings. The van der Waals surface area contributed by atoms with E-state index in [1.807, 2.05) is 44.7 Å². The zero-order chi connectivity index (χ0) is 21.5. The standard InChI is InChI=1S/C23H34N2O3S2/c1-17-15-18(2)21(19(3)16-17)30(27,28)24-11-9-23(10-12-24)25(13-14-29-23)22(26)20-7-5-4-6-8-20/h15-16,20H,4-14H2,1-3H3. The fourth-order valence-corrected chi connectivity index (χ4v) is 9.00. The van der Waals surface area contributed by atoms with E-state index in [9.17, 15) is 13.2 Å². The number of rotatable bonds is 3. The monoisotopic (exact) mass is 450 g/mol. The van der Waals surface area contributed by atoms with Crippen molar-refractivity contribution >= 4 is 27.7 Å². The number of piperidine rings is 1. The van der Waals surface area contributed by atoms with Crippen molar-refractivity contribution in [3.8, 4) is 0 Å². The molecule has 0 radical (unpaired) electrons. The van der Waals surface area contributed by atoms with Crippen molar-refractivity contribution < 1.29 is 13.2 Å². The Bertz CT molecular complexity index is 891. The number of benzene rings is 1. The highest BCUT2D eigenvalue weighted by Crippen LogP contribution is 2.46. The van der Waals surface area contributed by atoms with Crippen molar-refractivity contribution in [2.45, 2.75) is 75.5 Å². The summed E-state index contributed by atoms with van der Waals surface area (Å²) in [6.45, 7) is 7.54. The van der Waals surface area contributed by atoms with Gasteiger partial charge in [-0.05, 0) is 57.6 Å². The molecule has 2 heterocycles. The minimum atomic E-state index is -3.52. The molecule has 7 heteroatoms. The molecular weight excluding hydrogens is 416 g/mol. The maximum Gasteiger partial charge on any atom is 0.243 e. The van der Waals surface area contributed by atoms with Gasteiger partial charge in [0.2, 0.25) is 15.9 Å². The molecule has 166 valence electrons. The second kappa shape index (κ2) is 8.47. The third-order valence-corrected chi connectivity index (χ3v) is 10.9. The molecule has 0 unspecified atom stereocenters. The molecule has 1 aromatic carbocycles. The van der Waals surface area contributed by atoms with E-state index in [1.165, 1.54) is 6.42 Å². The Kier molecular flexibility index (Phi) is 6.26. The van der Waals surface area contributed by atoms with Crippen LogP contribution in [0.1, 0.15) is 61.6 Å². The molecule has 0 N–H and O–H groups in total. The van der Waals surface area contributed by atoms with Gasteiger partial charge in [-0.15, -0.1) is 11.8 Å². The van der Waals surface area contributed by atoms with E-state index >= 15 is 0 Å². The zero-order valence-corrected chi connectivity index (χ0v) is 20.1. The van der Waals surface area contributed by atoms with Crippen LogP contribution in [-0.4, -0.2) is 53.8 Å². The van der Waals surface area contributed by atoms with Crippen LogP contribution >= 0.6 is 11.8 Å². The Morgan fingerprint density at radius 1 is 1.00 bits per heavy atom. The van der Waals surface area contributed by atoms with Crippen molar-refractivity contribution in [2.75, 3.05) is 25.4 Å². The number of thioether (sulfide) groups is 1. The summed E-state index contributed by atoms with van der Waals surface area (Å²) < 4.78 is 28.5. The first-order valence-corrected chi connectivity index (χ1v) is 13.7. The van der Waals surface area contributed by atoms with Crippen LogP contribution in [0.25, 0.3) is 0 Å². The second-order valence-electron chi connectivity index (χ2n) is 9.25. The molecule has 5 nitrogen and oxygen atoms in total. The van der Waals surface area contributed by atoms with Gasteiger partial charge >= 0.3 is 0 Å². The number of amides is 1. The number of nitrogens with zero attached hydrogens (tertiary/aromatic N) is 2. The lowest BCUT2D eigenvalue weighted by Crippen LogP contribution is -2.55. The number of carbonyl (C=O) groups is 1. The number of sulfonamides is 1. The Morgan fingerprint density at radius 2 is 1.60 bits per heavy atom. The SMILES string of the molecule is Cc1cc(C)c(S(=O)(=O)N2CCC3(CC2)SCCN3C(=O)C2CCCCC2)c(C)c1. The highest BCUT2D eigenvalue weighted by Gasteiger charge is 2.49. The Labute approximate surface area is 185 Å². The molecule has 2 aliphatic heterocycles. The van der Waals surface area contributed by atoms with E-state index in [-0.39, 0.29) is 10.8 Å². The van der Waals surface area contributed by atoms with Gasteiger partial charge in [0.05, 0.1) is 9.77 Å². The lowest BCUT2D eigenvalue weighted by atomic mass is 9.87. The predicted octanol–water partition coefficient (Wildman–Crippen LogP) is 4.25. The number of hydrogen-bond acceptors (Lipinski definition) is 4. The quantitative estimate of drug-likeness (QED) is 0.691. The topological polar surface area (TPSA) is 57.7 Å². The maximum atomic E-state index is 13.4. The van der Waals surface area contributed by atoms with Gasteiger partial charge in [0.25, 0.3) is 0 Å². The van der Waals surface area contributed by atoms with Gasteiger partial charge in [-0.25, -0.2) is 8.42 Å². The molecule has 1 amide bonds. The van der Waals surface area contributed by atoms with Crippen molar-refractivity contribution in [3.05, 3.63) is 28.8 Å². The zero-order valence-electron chi connectivity index (χ0n) is 18.4. The van der Waals surface area contributed by atoms with Crippen LogP contribution < -0.4 is 0 Å². The van der Waals surface area contributed by atoms with E-state index in [4.69, 9.17) is 0 Å². The van der Waals surface area contributed by atoms with Crippen molar-refractivity contribution in [1.29, 1.82) is 0 Å². The van der Waals surface area contributed by atoms with Gasteiger partial charge in [0.15, 0.2) is 0 Å². The van der Waals surface area contributed by atoms with Crippen LogP contribution in [0.5, 0.6) is 0 Å². The molecule has 3 fully saturated rings. The summed E-state index contributed by atoms with van der Waals surface area (Å²) in [4.78, 5) is 15.6. The largest absolute Gasteiger partial charge is 0.327 e. The third-order valence-electron chi connectivity index (χ3n) is 7.10. The van der Waals surface area contributed by atoms with Crippen LogP contribution in [0.2, 0.25) is 0 Å². The average Bonchev–Trinajstić information content (AvgIpc) is 3.10. The Hall–Kier alpha value is -1.05. The lowest BCUT2D eigenvalue weighted by Gasteiger charge is -2.45. The highest BCUT2D eigenvalue weighted by atomic mass is 32.2. The highest BCUT2D eigenvalue weighted by molar-refractivity contribution is 8.00. The van der Waals surface area contributed by atoms with Gasteiger partial charge in [0, 0.05) is 31.3 Å². The fourth-order valence-electron chi connectivity index (χ4n) is 5.68. The Balaban J connectivity index is 1.51. The first-order valence-electron chi connectivity index (χ1n) is 11.3. The van der Waals surface area contributed by atoms with Crippen LogP contribution in [0, 0.1) is 26.7 Å². The molecule has 1 aromatic rings. The van der Waals surface area contributed by atoms with Gasteiger partial charge in [-0.1, -0.05) is 37.0 Å². The van der Waals surface area contributed by atoms with Crippen molar-refractivity contribution in [2.24, 2.45) is 5.92 Å². The summed E-state index contributed by atoms with van der Waals surface area (Å²) in [6.07, 6.45) is 7.04. The first-order chi connectivity index (χ1) is 14.2. The lowest BCUT2D eigenvalue weighted by molar-refractivity contribution is -0.140. The minimum Gasteiger partial charge on any atom is -0.327 e. The van der Waals surface area contributed by atoms with E-state index in [0.29, 0.717) is 23.9 Å². The molecule has 0 bridgehead atoms. The predicted molar refractivity (Wildman–Crippen MR) is 122 cm³/mol. The molecule has 0 aromatic heterocycles. The second-order valence-corrected chi connectivity index (χ2v) is 12.6.